The van der Waals surface area contributed by atoms with Gasteiger partial charge in [-0.15, -0.1) is 0 Å². The third-order valence-electron chi connectivity index (χ3n) is 6.40. The van der Waals surface area contributed by atoms with Crippen LogP contribution in [-0.4, -0.2) is 20.6 Å². The number of nitrogens with one attached hydrogen (secondary N) is 2. The van der Waals surface area contributed by atoms with Crippen LogP contribution in [0.15, 0.2) is 48.5 Å². The number of hydrogen-bond donors (Lipinski definition) is 3. The Balaban J connectivity index is 1.86. The summed E-state index contributed by atoms with van der Waals surface area (Å²) in [6.07, 6.45) is 5.29. The zero-order valence-electron chi connectivity index (χ0n) is 20.1. The minimum atomic E-state index is 0.385. The fraction of sp³-hybridized carbons (Fsp3) is 0.407. The predicted molar refractivity (Wildman–Crippen MR) is 138 cm³/mol. The average Bonchev–Trinajstić information content (AvgIpc) is 3.22. The summed E-state index contributed by atoms with van der Waals surface area (Å²) in [6.45, 7) is 7.94. The Morgan fingerprint density at radius 3 is 2.36 bits per heavy atom. The molecule has 33 heavy (non-hydrogen) atoms. The number of unbranched alkanes of at least 4 members (excludes halogenated alkanes) is 1. The van der Waals surface area contributed by atoms with Crippen LogP contribution in [0.3, 0.4) is 0 Å². The molecule has 174 valence electrons. The van der Waals surface area contributed by atoms with Gasteiger partial charge in [-0.2, -0.15) is 0 Å². The van der Waals surface area contributed by atoms with E-state index in [1.165, 1.54) is 5.56 Å². The number of fused-ring (bicyclic) bond motifs is 3. The topological polar surface area (TPSA) is 80.8 Å². The summed E-state index contributed by atoms with van der Waals surface area (Å²) < 4.78 is 2.38. The number of para-hydroxylation sites is 1. The van der Waals surface area contributed by atoms with Gasteiger partial charge in [-0.1, -0.05) is 69.7 Å². The van der Waals surface area contributed by atoms with E-state index in [4.69, 9.17) is 15.7 Å². The van der Waals surface area contributed by atoms with Gasteiger partial charge in [0.1, 0.15) is 11.3 Å². The zero-order chi connectivity index (χ0) is 23.2. The van der Waals surface area contributed by atoms with Crippen molar-refractivity contribution in [3.05, 3.63) is 65.5 Å². The van der Waals surface area contributed by atoms with E-state index in [-0.39, 0.29) is 0 Å². The summed E-state index contributed by atoms with van der Waals surface area (Å²) in [5.41, 5.74) is 18.1. The Morgan fingerprint density at radius 1 is 0.939 bits per heavy atom. The maximum absolute atomic E-state index is 5.80. The van der Waals surface area contributed by atoms with Gasteiger partial charge in [0.25, 0.3) is 0 Å². The lowest BCUT2D eigenvalue weighted by molar-refractivity contribution is 0.526. The summed E-state index contributed by atoms with van der Waals surface area (Å²) in [5, 5.41) is 1.13. The van der Waals surface area contributed by atoms with E-state index in [1.54, 1.807) is 0 Å². The molecule has 0 radical (unpaired) electrons. The van der Waals surface area contributed by atoms with Crippen molar-refractivity contribution in [2.75, 3.05) is 5.43 Å². The highest BCUT2D eigenvalue weighted by Crippen LogP contribution is 2.31. The molecule has 4 rings (SSSR count). The molecule has 6 heteroatoms. The smallest absolute Gasteiger partial charge is 0.169 e. The highest BCUT2D eigenvalue weighted by molar-refractivity contribution is 6.07. The zero-order valence-corrected chi connectivity index (χ0v) is 20.1. The van der Waals surface area contributed by atoms with Crippen LogP contribution < -0.4 is 16.6 Å². The highest BCUT2D eigenvalue weighted by atomic mass is 15.4. The second-order valence-electron chi connectivity index (χ2n) is 8.70. The molecule has 0 unspecified atom stereocenters. The molecule has 6 nitrogen and oxygen atoms in total. The molecule has 0 aliphatic heterocycles. The lowest BCUT2D eigenvalue weighted by atomic mass is 10.1. The summed E-state index contributed by atoms with van der Waals surface area (Å²) in [7, 11) is 0. The van der Waals surface area contributed by atoms with Crippen molar-refractivity contribution in [3.63, 3.8) is 0 Å². The third kappa shape index (κ3) is 5.02. The molecule has 0 aliphatic rings. The van der Waals surface area contributed by atoms with Crippen molar-refractivity contribution < 1.29 is 0 Å². The van der Waals surface area contributed by atoms with Crippen molar-refractivity contribution in [3.8, 4) is 0 Å². The molecule has 4 N–H and O–H groups in total. The molecule has 4 aromatic rings. The van der Waals surface area contributed by atoms with Crippen molar-refractivity contribution >= 4 is 27.8 Å². The number of aryl methyl sites for hydroxylation is 1. The molecule has 0 bridgehead atoms. The lowest BCUT2D eigenvalue weighted by Gasteiger charge is -2.17. The molecule has 0 atom stereocenters. The van der Waals surface area contributed by atoms with Crippen LogP contribution in [0, 0.1) is 0 Å². The Labute approximate surface area is 196 Å². The minimum Gasteiger partial charge on any atom is -0.326 e. The van der Waals surface area contributed by atoms with Crippen molar-refractivity contribution in [2.24, 2.45) is 5.73 Å². The largest absolute Gasteiger partial charge is 0.326 e. The van der Waals surface area contributed by atoms with Crippen LogP contribution in [0.4, 0.5) is 5.82 Å². The minimum absolute atomic E-state index is 0.385. The number of anilines is 1. The van der Waals surface area contributed by atoms with Gasteiger partial charge in [-0.25, -0.2) is 15.4 Å². The number of pyridine rings is 1. The first-order chi connectivity index (χ1) is 16.2. The van der Waals surface area contributed by atoms with Gasteiger partial charge in [0.15, 0.2) is 5.82 Å². The van der Waals surface area contributed by atoms with Gasteiger partial charge in [0, 0.05) is 30.9 Å². The molecule has 0 amide bonds. The number of hydrazine groups is 1. The van der Waals surface area contributed by atoms with Crippen LogP contribution in [-0.2, 0) is 19.5 Å². The number of imidazole rings is 1. The molecule has 0 fully saturated rings. The SMILES string of the molecule is CCCCc1nc2c(NNC(CC)CC)nc3ccccc3c2n1Cc1ccc(CN)cc1. The molecule has 0 saturated heterocycles. The summed E-state index contributed by atoms with van der Waals surface area (Å²) in [5.74, 6) is 1.91. The molecular formula is C27H36N6. The Hall–Kier alpha value is -2.96. The van der Waals surface area contributed by atoms with E-state index in [0.29, 0.717) is 12.6 Å². The second-order valence-corrected chi connectivity index (χ2v) is 8.70. The predicted octanol–water partition coefficient (Wildman–Crippen LogP) is 5.54. The second kappa shape index (κ2) is 10.8. The first-order valence-electron chi connectivity index (χ1n) is 12.3. The van der Waals surface area contributed by atoms with Crippen LogP contribution in [0.1, 0.15) is 63.4 Å². The van der Waals surface area contributed by atoms with E-state index in [1.807, 2.05) is 6.07 Å². The average molecular weight is 445 g/mol. The third-order valence-corrected chi connectivity index (χ3v) is 6.40. The van der Waals surface area contributed by atoms with Crippen LogP contribution in [0.5, 0.6) is 0 Å². The summed E-state index contributed by atoms with van der Waals surface area (Å²) >= 11 is 0. The van der Waals surface area contributed by atoms with Crippen LogP contribution in [0.2, 0.25) is 0 Å². The van der Waals surface area contributed by atoms with E-state index in [9.17, 15) is 0 Å². The first kappa shape index (κ1) is 23.2. The summed E-state index contributed by atoms with van der Waals surface area (Å²) in [6, 6.07) is 17.3. The van der Waals surface area contributed by atoms with Gasteiger partial charge in [0.05, 0.1) is 11.0 Å². The Kier molecular flexibility index (Phi) is 7.57. The normalized spacial score (nSPS) is 11.7. The van der Waals surface area contributed by atoms with Gasteiger partial charge in [-0.05, 0) is 36.5 Å². The van der Waals surface area contributed by atoms with Crippen molar-refractivity contribution in [1.29, 1.82) is 0 Å². The lowest BCUT2D eigenvalue weighted by Crippen LogP contribution is -2.33. The molecule has 0 spiro atoms. The Bertz CT molecular complexity index is 1190. The first-order valence-corrected chi connectivity index (χ1v) is 12.3. The van der Waals surface area contributed by atoms with E-state index in [2.05, 4.69) is 78.7 Å². The molecule has 2 heterocycles. The van der Waals surface area contributed by atoms with E-state index >= 15 is 0 Å². The maximum Gasteiger partial charge on any atom is 0.169 e. The van der Waals surface area contributed by atoms with Crippen LogP contribution >= 0.6 is 0 Å². The molecule has 0 saturated carbocycles. The van der Waals surface area contributed by atoms with E-state index < -0.39 is 0 Å². The number of nitrogens with zero attached hydrogens (tertiary/aromatic N) is 3. The molecule has 2 aromatic heterocycles. The maximum atomic E-state index is 5.80. The monoisotopic (exact) mass is 444 g/mol. The fourth-order valence-electron chi connectivity index (χ4n) is 4.29. The van der Waals surface area contributed by atoms with Gasteiger partial charge in [-0.3, -0.25) is 0 Å². The molecular weight excluding hydrogens is 408 g/mol. The van der Waals surface area contributed by atoms with E-state index in [0.717, 1.165) is 77.8 Å². The van der Waals surface area contributed by atoms with Crippen molar-refractivity contribution in [2.45, 2.75) is 72.0 Å². The standard InChI is InChI=1S/C27H36N6/c1-4-7-12-24-30-25-26(33(24)18-20-15-13-19(17-28)14-16-20)22-10-8-9-11-23(22)29-27(25)32-31-21(5-2)6-3/h8-11,13-16,21,31H,4-7,12,17-18,28H2,1-3H3,(H,29,32). The van der Waals surface area contributed by atoms with Crippen LogP contribution in [0.25, 0.3) is 21.9 Å². The highest BCUT2D eigenvalue weighted by Gasteiger charge is 2.19. The quantitative estimate of drug-likeness (QED) is 0.265. The number of rotatable bonds is 11. The number of aromatic nitrogens is 3. The number of benzene rings is 2. The van der Waals surface area contributed by atoms with Crippen molar-refractivity contribution in [1.82, 2.24) is 20.0 Å². The van der Waals surface area contributed by atoms with Gasteiger partial charge in [0.2, 0.25) is 0 Å². The Morgan fingerprint density at radius 2 is 1.67 bits per heavy atom. The number of hydrogen-bond acceptors (Lipinski definition) is 5. The summed E-state index contributed by atoms with van der Waals surface area (Å²) in [4.78, 5) is 10.1. The van der Waals surface area contributed by atoms with Gasteiger partial charge >= 0.3 is 0 Å². The molecule has 2 aromatic carbocycles. The number of nitrogens with two attached hydrogens (primary N) is 1. The fourth-order valence-corrected chi connectivity index (χ4v) is 4.29. The van der Waals surface area contributed by atoms with Gasteiger partial charge < -0.3 is 15.7 Å². The molecule has 0 aliphatic carbocycles.